The minimum atomic E-state index is 0.283. The summed E-state index contributed by atoms with van der Waals surface area (Å²) in [7, 11) is 3.92. The molecule has 2 atom stereocenters. The van der Waals surface area contributed by atoms with E-state index in [-0.39, 0.29) is 5.91 Å². The molecule has 24 heavy (non-hydrogen) atoms. The molecular formula is C20H33N3O. The zero-order chi connectivity index (χ0) is 17.5. The van der Waals surface area contributed by atoms with Crippen LogP contribution < -0.4 is 5.32 Å². The third-order valence-corrected chi connectivity index (χ3v) is 5.17. The van der Waals surface area contributed by atoms with Crippen LogP contribution in [0.15, 0.2) is 30.3 Å². The van der Waals surface area contributed by atoms with E-state index in [1.54, 1.807) is 0 Å². The van der Waals surface area contributed by atoms with Crippen LogP contribution in [0.2, 0.25) is 0 Å². The van der Waals surface area contributed by atoms with Crippen LogP contribution in [0, 0.1) is 11.8 Å². The van der Waals surface area contributed by atoms with Crippen molar-refractivity contribution >= 4 is 5.91 Å². The molecule has 1 aromatic rings. The van der Waals surface area contributed by atoms with E-state index in [0.29, 0.717) is 24.3 Å². The van der Waals surface area contributed by atoms with Gasteiger partial charge in [-0.05, 0) is 37.4 Å². The standard InChI is InChI=1S/C20H33N3O/c1-16-13-23(15-18-9-6-5-7-10-18)14-17(2)20(16)22(4)19(24)11-8-12-21-3/h5-7,9-10,16-17,20-21H,8,11-15H2,1-4H3. The minimum Gasteiger partial charge on any atom is -0.342 e. The fourth-order valence-corrected chi connectivity index (χ4v) is 4.16. The lowest BCUT2D eigenvalue weighted by molar-refractivity contribution is -0.135. The van der Waals surface area contributed by atoms with Crippen molar-refractivity contribution in [3.8, 4) is 0 Å². The lowest BCUT2D eigenvalue weighted by Gasteiger charge is -2.45. The fraction of sp³-hybridized carbons (Fsp3) is 0.650. The maximum Gasteiger partial charge on any atom is 0.222 e. The number of amides is 1. The molecule has 0 bridgehead atoms. The molecule has 0 spiro atoms. The van der Waals surface area contributed by atoms with Gasteiger partial charge in [0.05, 0.1) is 0 Å². The Bertz CT molecular complexity index is 493. The summed E-state index contributed by atoms with van der Waals surface area (Å²) in [4.78, 5) is 17.0. The summed E-state index contributed by atoms with van der Waals surface area (Å²) >= 11 is 0. The van der Waals surface area contributed by atoms with Crippen molar-refractivity contribution in [2.24, 2.45) is 11.8 Å². The fourth-order valence-electron chi connectivity index (χ4n) is 4.16. The monoisotopic (exact) mass is 331 g/mol. The van der Waals surface area contributed by atoms with Gasteiger partial charge in [-0.3, -0.25) is 9.69 Å². The Kier molecular flexibility index (Phi) is 7.25. The van der Waals surface area contributed by atoms with Gasteiger partial charge in [0.1, 0.15) is 0 Å². The Morgan fingerprint density at radius 2 is 1.83 bits per heavy atom. The zero-order valence-electron chi connectivity index (χ0n) is 15.7. The molecule has 1 heterocycles. The van der Waals surface area contributed by atoms with Crippen molar-refractivity contribution in [2.75, 3.05) is 33.7 Å². The summed E-state index contributed by atoms with van der Waals surface area (Å²) in [5.74, 6) is 1.27. The maximum absolute atomic E-state index is 12.5. The summed E-state index contributed by atoms with van der Waals surface area (Å²) in [5, 5.41) is 3.11. The molecule has 2 rings (SSSR count). The Morgan fingerprint density at radius 1 is 1.21 bits per heavy atom. The van der Waals surface area contributed by atoms with E-state index >= 15 is 0 Å². The number of carbonyl (C=O) groups is 1. The number of likely N-dealkylation sites (tertiary alicyclic amines) is 1. The van der Waals surface area contributed by atoms with E-state index in [0.717, 1.165) is 32.6 Å². The molecule has 1 aliphatic heterocycles. The first-order valence-electron chi connectivity index (χ1n) is 9.19. The van der Waals surface area contributed by atoms with E-state index in [4.69, 9.17) is 0 Å². The van der Waals surface area contributed by atoms with E-state index in [9.17, 15) is 4.79 Å². The van der Waals surface area contributed by atoms with Crippen LogP contribution in [-0.4, -0.2) is 55.5 Å². The molecule has 4 nitrogen and oxygen atoms in total. The molecule has 1 amide bonds. The van der Waals surface area contributed by atoms with Gasteiger partial charge in [0, 0.05) is 39.1 Å². The Balaban J connectivity index is 1.91. The van der Waals surface area contributed by atoms with Gasteiger partial charge in [0.25, 0.3) is 0 Å². The molecule has 134 valence electrons. The van der Waals surface area contributed by atoms with Crippen LogP contribution >= 0.6 is 0 Å². The van der Waals surface area contributed by atoms with Crippen LogP contribution in [0.5, 0.6) is 0 Å². The van der Waals surface area contributed by atoms with Crippen LogP contribution in [0.3, 0.4) is 0 Å². The molecule has 1 aliphatic rings. The van der Waals surface area contributed by atoms with Crippen LogP contribution in [0.25, 0.3) is 0 Å². The van der Waals surface area contributed by atoms with Crippen molar-refractivity contribution < 1.29 is 4.79 Å². The van der Waals surface area contributed by atoms with Gasteiger partial charge in [-0.15, -0.1) is 0 Å². The van der Waals surface area contributed by atoms with Crippen molar-refractivity contribution in [1.82, 2.24) is 15.1 Å². The largest absolute Gasteiger partial charge is 0.342 e. The summed E-state index contributed by atoms with van der Waals surface area (Å²) in [6, 6.07) is 11.0. The molecule has 2 unspecified atom stereocenters. The van der Waals surface area contributed by atoms with Gasteiger partial charge in [-0.25, -0.2) is 0 Å². The number of nitrogens with one attached hydrogen (secondary N) is 1. The molecule has 4 heteroatoms. The highest BCUT2D eigenvalue weighted by molar-refractivity contribution is 5.76. The average molecular weight is 332 g/mol. The van der Waals surface area contributed by atoms with Crippen molar-refractivity contribution in [3.63, 3.8) is 0 Å². The lowest BCUT2D eigenvalue weighted by atomic mass is 9.84. The van der Waals surface area contributed by atoms with E-state index in [2.05, 4.69) is 54.4 Å². The Hall–Kier alpha value is -1.39. The highest BCUT2D eigenvalue weighted by atomic mass is 16.2. The summed E-state index contributed by atoms with van der Waals surface area (Å²) < 4.78 is 0. The Morgan fingerprint density at radius 3 is 2.42 bits per heavy atom. The number of benzene rings is 1. The predicted molar refractivity (Wildman–Crippen MR) is 99.8 cm³/mol. The first-order chi connectivity index (χ1) is 11.5. The smallest absolute Gasteiger partial charge is 0.222 e. The third kappa shape index (κ3) is 5.05. The number of rotatable bonds is 7. The number of carbonyl (C=O) groups excluding carboxylic acids is 1. The number of piperidine rings is 1. The van der Waals surface area contributed by atoms with Gasteiger partial charge in [0.2, 0.25) is 5.91 Å². The highest BCUT2D eigenvalue weighted by Gasteiger charge is 2.35. The molecule has 1 fully saturated rings. The van der Waals surface area contributed by atoms with Crippen LogP contribution in [0.1, 0.15) is 32.3 Å². The first kappa shape index (κ1) is 18.9. The quantitative estimate of drug-likeness (QED) is 0.780. The van der Waals surface area contributed by atoms with Gasteiger partial charge in [0.15, 0.2) is 0 Å². The highest BCUT2D eigenvalue weighted by Crippen LogP contribution is 2.27. The second-order valence-electron chi connectivity index (χ2n) is 7.34. The van der Waals surface area contributed by atoms with Gasteiger partial charge in [-0.2, -0.15) is 0 Å². The van der Waals surface area contributed by atoms with Crippen molar-refractivity contribution in [3.05, 3.63) is 35.9 Å². The van der Waals surface area contributed by atoms with Gasteiger partial charge in [-0.1, -0.05) is 44.2 Å². The number of hydrogen-bond donors (Lipinski definition) is 1. The molecule has 1 saturated heterocycles. The van der Waals surface area contributed by atoms with Gasteiger partial charge < -0.3 is 10.2 Å². The van der Waals surface area contributed by atoms with Gasteiger partial charge >= 0.3 is 0 Å². The Labute approximate surface area is 147 Å². The predicted octanol–water partition coefficient (Wildman–Crippen LogP) is 2.60. The third-order valence-electron chi connectivity index (χ3n) is 5.17. The normalized spacial score (nSPS) is 24.8. The van der Waals surface area contributed by atoms with Crippen molar-refractivity contribution in [2.45, 2.75) is 39.3 Å². The molecular weight excluding hydrogens is 298 g/mol. The topological polar surface area (TPSA) is 35.6 Å². The SMILES string of the molecule is CNCCCC(=O)N(C)C1C(C)CN(Cc2ccccc2)CC1C. The average Bonchev–Trinajstić information content (AvgIpc) is 2.55. The molecule has 0 saturated carbocycles. The second kappa shape index (κ2) is 9.19. The van der Waals surface area contributed by atoms with E-state index < -0.39 is 0 Å². The number of hydrogen-bond acceptors (Lipinski definition) is 3. The summed E-state index contributed by atoms with van der Waals surface area (Å²) in [6.45, 7) is 8.59. The first-order valence-corrected chi connectivity index (χ1v) is 9.19. The zero-order valence-corrected chi connectivity index (χ0v) is 15.7. The summed E-state index contributed by atoms with van der Waals surface area (Å²) in [5.41, 5.74) is 1.37. The maximum atomic E-state index is 12.5. The molecule has 1 N–H and O–H groups in total. The second-order valence-corrected chi connectivity index (χ2v) is 7.34. The van der Waals surface area contributed by atoms with Crippen LogP contribution in [-0.2, 0) is 11.3 Å². The molecule has 0 aromatic heterocycles. The van der Waals surface area contributed by atoms with E-state index in [1.807, 2.05) is 19.0 Å². The number of nitrogens with zero attached hydrogens (tertiary/aromatic N) is 2. The van der Waals surface area contributed by atoms with Crippen LogP contribution in [0.4, 0.5) is 0 Å². The van der Waals surface area contributed by atoms with E-state index in [1.165, 1.54) is 5.56 Å². The lowest BCUT2D eigenvalue weighted by Crippen LogP contribution is -2.55. The summed E-state index contributed by atoms with van der Waals surface area (Å²) in [6.07, 6.45) is 1.55. The van der Waals surface area contributed by atoms with Crippen molar-refractivity contribution in [1.29, 1.82) is 0 Å². The molecule has 1 aromatic carbocycles. The molecule has 0 radical (unpaired) electrons. The minimum absolute atomic E-state index is 0.283. The molecule has 0 aliphatic carbocycles.